The molecule has 1 aromatic heterocycles. The maximum Gasteiger partial charge on any atom is 0.254 e. The van der Waals surface area contributed by atoms with Gasteiger partial charge in [0.05, 0.1) is 23.0 Å². The molecule has 0 aromatic carbocycles. The highest BCUT2D eigenvalue weighted by Gasteiger charge is 2.28. The second kappa shape index (κ2) is 6.64. The summed E-state index contributed by atoms with van der Waals surface area (Å²) in [5, 5.41) is 3.17. The summed E-state index contributed by atoms with van der Waals surface area (Å²) in [6, 6.07) is -0.302. The number of hydrogen-bond acceptors (Lipinski definition) is 6. The Labute approximate surface area is 138 Å². The molecular formula is C14H19N3O4S2. The molecule has 0 bridgehead atoms. The first-order valence-corrected chi connectivity index (χ1v) is 10.5. The zero-order valence-corrected chi connectivity index (χ0v) is 14.3. The van der Waals surface area contributed by atoms with E-state index in [4.69, 9.17) is 0 Å². The summed E-state index contributed by atoms with van der Waals surface area (Å²) in [6.07, 6.45) is 4.08. The monoisotopic (exact) mass is 357 g/mol. The number of hydrogen-bond donors (Lipinski definition) is 2. The largest absolute Gasteiger partial charge is 0.352 e. The lowest BCUT2D eigenvalue weighted by Gasteiger charge is -2.14. The summed E-state index contributed by atoms with van der Waals surface area (Å²) >= 11 is 1.17. The van der Waals surface area contributed by atoms with Crippen LogP contribution in [-0.2, 0) is 27.5 Å². The van der Waals surface area contributed by atoms with Gasteiger partial charge < -0.3 is 10.3 Å². The molecule has 1 saturated heterocycles. The Morgan fingerprint density at radius 1 is 1.35 bits per heavy atom. The van der Waals surface area contributed by atoms with E-state index >= 15 is 0 Å². The molecule has 9 heteroatoms. The molecule has 1 aromatic rings. The van der Waals surface area contributed by atoms with Gasteiger partial charge in [0.25, 0.3) is 5.56 Å². The Morgan fingerprint density at radius 3 is 2.87 bits per heavy atom. The third-order valence-electron chi connectivity index (χ3n) is 4.11. The molecule has 2 aliphatic rings. The van der Waals surface area contributed by atoms with Crippen molar-refractivity contribution < 1.29 is 13.2 Å². The van der Waals surface area contributed by atoms with Crippen LogP contribution in [0.1, 0.15) is 30.5 Å². The molecule has 0 unspecified atom stereocenters. The highest BCUT2D eigenvalue weighted by Crippen LogP contribution is 2.19. The fourth-order valence-corrected chi connectivity index (χ4v) is 5.33. The van der Waals surface area contributed by atoms with Crippen LogP contribution in [-0.4, -0.2) is 47.6 Å². The van der Waals surface area contributed by atoms with E-state index in [1.165, 1.54) is 11.8 Å². The summed E-state index contributed by atoms with van der Waals surface area (Å²) in [6.45, 7) is 0. The Morgan fingerprint density at radius 2 is 2.13 bits per heavy atom. The van der Waals surface area contributed by atoms with Gasteiger partial charge in [0.2, 0.25) is 5.91 Å². The minimum atomic E-state index is -3.01. The molecule has 2 heterocycles. The van der Waals surface area contributed by atoms with Gasteiger partial charge in [0.15, 0.2) is 15.0 Å². The minimum Gasteiger partial charge on any atom is -0.352 e. The van der Waals surface area contributed by atoms with Crippen LogP contribution in [0.4, 0.5) is 0 Å². The van der Waals surface area contributed by atoms with Crippen molar-refractivity contribution in [2.24, 2.45) is 0 Å². The predicted molar refractivity (Wildman–Crippen MR) is 87.4 cm³/mol. The van der Waals surface area contributed by atoms with E-state index in [0.717, 1.165) is 36.9 Å². The number of carbonyl (C=O) groups excluding carboxylic acids is 1. The van der Waals surface area contributed by atoms with Crippen molar-refractivity contribution >= 4 is 27.5 Å². The summed E-state index contributed by atoms with van der Waals surface area (Å²) in [7, 11) is -3.01. The van der Waals surface area contributed by atoms with Gasteiger partial charge in [-0.25, -0.2) is 13.4 Å². The summed E-state index contributed by atoms with van der Waals surface area (Å²) in [4.78, 5) is 31.1. The molecule has 7 nitrogen and oxygen atoms in total. The molecule has 1 fully saturated rings. The topological polar surface area (TPSA) is 109 Å². The number of nitrogens with one attached hydrogen (secondary N) is 2. The highest BCUT2D eigenvalue weighted by atomic mass is 32.2. The van der Waals surface area contributed by atoms with Gasteiger partial charge in [-0.05, 0) is 32.1 Å². The van der Waals surface area contributed by atoms with Crippen LogP contribution in [0.3, 0.4) is 0 Å². The van der Waals surface area contributed by atoms with Crippen LogP contribution < -0.4 is 10.9 Å². The van der Waals surface area contributed by atoms with E-state index in [-0.39, 0.29) is 34.8 Å². The first-order valence-electron chi connectivity index (χ1n) is 7.67. The maximum absolute atomic E-state index is 12.0. The molecule has 1 atom stereocenters. The predicted octanol–water partition coefficient (Wildman–Crippen LogP) is 0.0441. The molecule has 3 rings (SSSR count). The molecular weight excluding hydrogens is 338 g/mol. The number of aromatic nitrogens is 2. The Balaban J connectivity index is 1.57. The second-order valence-electron chi connectivity index (χ2n) is 5.96. The van der Waals surface area contributed by atoms with Crippen molar-refractivity contribution in [3.05, 3.63) is 21.6 Å². The quantitative estimate of drug-likeness (QED) is 0.582. The van der Waals surface area contributed by atoms with Gasteiger partial charge in [-0.3, -0.25) is 9.59 Å². The normalized spacial score (nSPS) is 22.5. The van der Waals surface area contributed by atoms with E-state index in [1.54, 1.807) is 0 Å². The van der Waals surface area contributed by atoms with E-state index in [9.17, 15) is 18.0 Å². The lowest BCUT2D eigenvalue weighted by Crippen LogP contribution is -2.36. The zero-order valence-electron chi connectivity index (χ0n) is 12.6. The average molecular weight is 357 g/mol. The van der Waals surface area contributed by atoms with Crippen LogP contribution in [0, 0.1) is 0 Å². The van der Waals surface area contributed by atoms with Crippen molar-refractivity contribution in [1.82, 2.24) is 15.3 Å². The first kappa shape index (κ1) is 16.5. The van der Waals surface area contributed by atoms with Crippen molar-refractivity contribution in [2.75, 3.05) is 17.3 Å². The molecule has 126 valence electrons. The van der Waals surface area contributed by atoms with Gasteiger partial charge in [-0.2, -0.15) is 0 Å². The molecule has 1 aliphatic carbocycles. The first-order chi connectivity index (χ1) is 10.9. The Bertz CT molecular complexity index is 773. The number of nitrogens with zero attached hydrogens (tertiary/aromatic N) is 1. The van der Waals surface area contributed by atoms with Gasteiger partial charge in [-0.15, -0.1) is 0 Å². The van der Waals surface area contributed by atoms with E-state index in [1.807, 2.05) is 0 Å². The summed E-state index contributed by atoms with van der Waals surface area (Å²) in [5.41, 5.74) is 1.49. The number of aromatic amines is 1. The molecule has 1 amide bonds. The molecule has 2 N–H and O–H groups in total. The maximum atomic E-state index is 12.0. The van der Waals surface area contributed by atoms with Crippen molar-refractivity contribution in [1.29, 1.82) is 0 Å². The van der Waals surface area contributed by atoms with E-state index < -0.39 is 9.84 Å². The lowest BCUT2D eigenvalue weighted by molar-refractivity contribution is -0.119. The van der Waals surface area contributed by atoms with Gasteiger partial charge >= 0.3 is 0 Å². The van der Waals surface area contributed by atoms with Crippen molar-refractivity contribution in [3.8, 4) is 0 Å². The van der Waals surface area contributed by atoms with Crippen LogP contribution >= 0.6 is 11.8 Å². The van der Waals surface area contributed by atoms with Gasteiger partial charge in [-0.1, -0.05) is 11.8 Å². The SMILES string of the molecule is O=C(CSc1nc2c(c(=O)[nH]1)CCCC2)N[C@@H]1CCS(=O)(=O)C1. The fraction of sp³-hybridized carbons (Fsp3) is 0.643. The number of amides is 1. The molecule has 0 radical (unpaired) electrons. The third kappa shape index (κ3) is 4.14. The van der Waals surface area contributed by atoms with Crippen LogP contribution in [0.25, 0.3) is 0 Å². The second-order valence-corrected chi connectivity index (χ2v) is 9.15. The average Bonchev–Trinajstić information content (AvgIpc) is 2.84. The van der Waals surface area contributed by atoms with Crippen molar-refractivity contribution in [2.45, 2.75) is 43.3 Å². The van der Waals surface area contributed by atoms with E-state index in [0.29, 0.717) is 11.6 Å². The molecule has 1 aliphatic heterocycles. The third-order valence-corrected chi connectivity index (χ3v) is 6.75. The number of fused-ring (bicyclic) bond motifs is 1. The summed E-state index contributed by atoms with van der Waals surface area (Å²) < 4.78 is 22.7. The number of H-pyrrole nitrogens is 1. The Hall–Kier alpha value is -1.35. The molecule has 23 heavy (non-hydrogen) atoms. The smallest absolute Gasteiger partial charge is 0.254 e. The summed E-state index contributed by atoms with van der Waals surface area (Å²) in [5.74, 6) is 0.0119. The van der Waals surface area contributed by atoms with Crippen LogP contribution in [0.5, 0.6) is 0 Å². The van der Waals surface area contributed by atoms with Crippen LogP contribution in [0.15, 0.2) is 9.95 Å². The zero-order chi connectivity index (χ0) is 16.4. The van der Waals surface area contributed by atoms with Crippen molar-refractivity contribution in [3.63, 3.8) is 0 Å². The van der Waals surface area contributed by atoms with Gasteiger partial charge in [0.1, 0.15) is 0 Å². The molecule has 0 saturated carbocycles. The standard InChI is InChI=1S/C14H19N3O4S2/c18-12(15-9-5-6-23(20,21)8-9)7-22-14-16-11-4-2-1-3-10(11)13(19)17-14/h9H,1-8H2,(H,15,18)(H,16,17,19)/t9-/m1/s1. The van der Waals surface area contributed by atoms with E-state index in [2.05, 4.69) is 15.3 Å². The number of rotatable bonds is 4. The number of sulfone groups is 1. The minimum absolute atomic E-state index is 0.0112. The highest BCUT2D eigenvalue weighted by molar-refractivity contribution is 7.99. The number of aryl methyl sites for hydroxylation is 1. The fourth-order valence-electron chi connectivity index (χ4n) is 2.96. The van der Waals surface area contributed by atoms with Gasteiger partial charge in [0, 0.05) is 11.6 Å². The lowest BCUT2D eigenvalue weighted by atomic mass is 9.97. The number of carbonyl (C=O) groups is 1. The Kier molecular flexibility index (Phi) is 4.77. The number of thioether (sulfide) groups is 1. The molecule has 0 spiro atoms. The van der Waals surface area contributed by atoms with Crippen LogP contribution in [0.2, 0.25) is 0 Å².